The quantitative estimate of drug-likeness (QED) is 0.635. The van der Waals surface area contributed by atoms with Gasteiger partial charge in [0.25, 0.3) is 0 Å². The summed E-state index contributed by atoms with van der Waals surface area (Å²) in [6.07, 6.45) is 0. The van der Waals surface area contributed by atoms with E-state index < -0.39 is 12.0 Å². The van der Waals surface area contributed by atoms with Gasteiger partial charge in [0, 0.05) is 0 Å². The van der Waals surface area contributed by atoms with Crippen LogP contribution in [0.25, 0.3) is 0 Å². The highest BCUT2D eigenvalue weighted by molar-refractivity contribution is 6.07. The number of carbonyl (C=O) groups is 1. The molecule has 1 aliphatic heterocycles. The van der Waals surface area contributed by atoms with Crippen molar-refractivity contribution in [1.29, 1.82) is 0 Å². The summed E-state index contributed by atoms with van der Waals surface area (Å²) in [6.45, 7) is 1.67. The van der Waals surface area contributed by atoms with E-state index in [2.05, 4.69) is 20.2 Å². The minimum absolute atomic E-state index is 0.498. The molecule has 6 nitrogen and oxygen atoms in total. The lowest BCUT2D eigenvalue weighted by Gasteiger charge is -2.05. The standard InChI is InChI=1S/C16H13N3O3/c1-11-15(16(20)22-19-11)18-17-12-7-9-14(10-8-12)21-13-5-3-2-4-6-13/h2-10,15H,1H3/t15-/m0/s1. The number of para-hydroxylation sites is 1. The Hall–Kier alpha value is -3.02. The predicted octanol–water partition coefficient (Wildman–Crippen LogP) is 3.86. The average molecular weight is 295 g/mol. The van der Waals surface area contributed by atoms with Crippen LogP contribution >= 0.6 is 0 Å². The number of azo groups is 1. The van der Waals surface area contributed by atoms with E-state index in [4.69, 9.17) is 4.74 Å². The summed E-state index contributed by atoms with van der Waals surface area (Å²) in [5.41, 5.74) is 1.12. The predicted molar refractivity (Wildman–Crippen MR) is 80.5 cm³/mol. The van der Waals surface area contributed by atoms with Crippen molar-refractivity contribution in [2.24, 2.45) is 15.4 Å². The van der Waals surface area contributed by atoms with Gasteiger partial charge in [0.05, 0.1) is 11.4 Å². The Balaban J connectivity index is 1.67. The van der Waals surface area contributed by atoms with Gasteiger partial charge >= 0.3 is 5.97 Å². The number of rotatable bonds is 4. The number of oxime groups is 1. The molecule has 0 fully saturated rings. The molecular weight excluding hydrogens is 282 g/mol. The van der Waals surface area contributed by atoms with Gasteiger partial charge in [0.15, 0.2) is 0 Å². The van der Waals surface area contributed by atoms with Gasteiger partial charge in [-0.05, 0) is 43.3 Å². The molecule has 6 heteroatoms. The van der Waals surface area contributed by atoms with Crippen LogP contribution in [0.4, 0.5) is 5.69 Å². The molecular formula is C16H13N3O3. The van der Waals surface area contributed by atoms with Crippen LogP contribution in [0.15, 0.2) is 70.0 Å². The summed E-state index contributed by atoms with van der Waals surface area (Å²) in [4.78, 5) is 15.9. The maximum absolute atomic E-state index is 11.4. The molecule has 1 heterocycles. The Bertz CT molecular complexity index is 724. The first-order valence-corrected chi connectivity index (χ1v) is 6.71. The van der Waals surface area contributed by atoms with Crippen LogP contribution in [-0.4, -0.2) is 17.7 Å². The van der Waals surface area contributed by atoms with E-state index in [1.165, 1.54) is 0 Å². The zero-order chi connectivity index (χ0) is 15.4. The Morgan fingerprint density at radius 2 is 1.73 bits per heavy atom. The molecule has 0 aliphatic carbocycles. The van der Waals surface area contributed by atoms with E-state index in [-0.39, 0.29) is 0 Å². The van der Waals surface area contributed by atoms with Gasteiger partial charge in [-0.15, -0.1) is 0 Å². The number of benzene rings is 2. The third-order valence-electron chi connectivity index (χ3n) is 3.00. The monoisotopic (exact) mass is 295 g/mol. The maximum atomic E-state index is 11.4. The van der Waals surface area contributed by atoms with Gasteiger partial charge < -0.3 is 9.57 Å². The topological polar surface area (TPSA) is 72.6 Å². The summed E-state index contributed by atoms with van der Waals surface area (Å²) < 4.78 is 5.68. The maximum Gasteiger partial charge on any atom is 0.367 e. The minimum atomic E-state index is -0.750. The Morgan fingerprint density at radius 3 is 2.36 bits per heavy atom. The van der Waals surface area contributed by atoms with Crippen molar-refractivity contribution in [1.82, 2.24) is 0 Å². The highest BCUT2D eigenvalue weighted by atomic mass is 16.7. The second kappa shape index (κ2) is 6.17. The Kier molecular flexibility index (Phi) is 3.91. The molecule has 2 aromatic rings. The lowest BCUT2D eigenvalue weighted by Crippen LogP contribution is -2.19. The molecule has 1 atom stereocenters. The van der Waals surface area contributed by atoms with Crippen molar-refractivity contribution in [3.63, 3.8) is 0 Å². The summed E-state index contributed by atoms with van der Waals surface area (Å²) >= 11 is 0. The molecule has 0 radical (unpaired) electrons. The normalized spacial score (nSPS) is 17.4. The van der Waals surface area contributed by atoms with Crippen LogP contribution in [0.1, 0.15) is 6.92 Å². The highest BCUT2D eigenvalue weighted by Crippen LogP contribution is 2.24. The summed E-state index contributed by atoms with van der Waals surface area (Å²) in [5, 5.41) is 11.5. The molecule has 0 N–H and O–H groups in total. The summed E-state index contributed by atoms with van der Waals surface area (Å²) in [7, 11) is 0. The highest BCUT2D eigenvalue weighted by Gasteiger charge is 2.29. The first kappa shape index (κ1) is 13.9. The van der Waals surface area contributed by atoms with Gasteiger partial charge in [-0.25, -0.2) is 4.79 Å². The molecule has 3 rings (SSSR count). The van der Waals surface area contributed by atoms with Crippen LogP contribution in [0.2, 0.25) is 0 Å². The van der Waals surface area contributed by atoms with Gasteiger partial charge in [0.2, 0.25) is 6.04 Å². The van der Waals surface area contributed by atoms with E-state index in [0.717, 1.165) is 5.75 Å². The second-order valence-electron chi connectivity index (χ2n) is 4.67. The van der Waals surface area contributed by atoms with Crippen molar-refractivity contribution in [3.05, 3.63) is 54.6 Å². The SMILES string of the molecule is CC1=NOC(=O)[C@H]1N=Nc1ccc(Oc2ccccc2)cc1. The van der Waals surface area contributed by atoms with E-state index in [1.54, 1.807) is 31.2 Å². The molecule has 0 amide bonds. The fourth-order valence-corrected chi connectivity index (χ4v) is 1.85. The van der Waals surface area contributed by atoms with Crippen molar-refractivity contribution in [2.75, 3.05) is 0 Å². The number of nitrogens with zero attached hydrogens (tertiary/aromatic N) is 3. The number of carbonyl (C=O) groups excluding carboxylic acids is 1. The van der Waals surface area contributed by atoms with E-state index in [0.29, 0.717) is 17.1 Å². The van der Waals surface area contributed by atoms with Gasteiger partial charge in [-0.3, -0.25) is 0 Å². The summed E-state index contributed by atoms with van der Waals surface area (Å²) in [5.74, 6) is 0.950. The fourth-order valence-electron chi connectivity index (χ4n) is 1.85. The third-order valence-corrected chi connectivity index (χ3v) is 3.00. The smallest absolute Gasteiger partial charge is 0.367 e. The molecule has 110 valence electrons. The third kappa shape index (κ3) is 3.17. The lowest BCUT2D eigenvalue weighted by molar-refractivity contribution is -0.141. The molecule has 1 aliphatic rings. The van der Waals surface area contributed by atoms with Crippen LogP contribution < -0.4 is 4.74 Å². The number of ether oxygens (including phenoxy) is 1. The molecule has 0 aromatic heterocycles. The molecule has 2 aromatic carbocycles. The van der Waals surface area contributed by atoms with Crippen LogP contribution in [0.3, 0.4) is 0 Å². The Labute approximate surface area is 127 Å². The second-order valence-corrected chi connectivity index (χ2v) is 4.67. The lowest BCUT2D eigenvalue weighted by atomic mass is 10.2. The molecule has 0 saturated carbocycles. The van der Waals surface area contributed by atoms with E-state index in [1.807, 2.05) is 30.3 Å². The molecule has 0 saturated heterocycles. The van der Waals surface area contributed by atoms with Crippen molar-refractivity contribution in [3.8, 4) is 11.5 Å². The molecule has 0 unspecified atom stereocenters. The zero-order valence-electron chi connectivity index (χ0n) is 11.8. The van der Waals surface area contributed by atoms with E-state index in [9.17, 15) is 4.79 Å². The van der Waals surface area contributed by atoms with Gasteiger partial charge in [-0.2, -0.15) is 10.2 Å². The number of hydrogen-bond acceptors (Lipinski definition) is 6. The molecule has 0 spiro atoms. The van der Waals surface area contributed by atoms with Crippen molar-refractivity contribution < 1.29 is 14.4 Å². The molecule has 0 bridgehead atoms. The number of hydrogen-bond donors (Lipinski definition) is 0. The van der Waals surface area contributed by atoms with Crippen LogP contribution in [0, 0.1) is 0 Å². The average Bonchev–Trinajstić information content (AvgIpc) is 2.86. The fraction of sp³-hybridized carbons (Fsp3) is 0.125. The first-order chi connectivity index (χ1) is 10.7. The largest absolute Gasteiger partial charge is 0.457 e. The van der Waals surface area contributed by atoms with Crippen LogP contribution in [-0.2, 0) is 9.63 Å². The minimum Gasteiger partial charge on any atom is -0.457 e. The zero-order valence-corrected chi connectivity index (χ0v) is 11.8. The van der Waals surface area contributed by atoms with Crippen LogP contribution in [0.5, 0.6) is 11.5 Å². The molecule has 22 heavy (non-hydrogen) atoms. The summed E-state index contributed by atoms with van der Waals surface area (Å²) in [6, 6.07) is 15.8. The Morgan fingerprint density at radius 1 is 1.05 bits per heavy atom. The van der Waals surface area contributed by atoms with Gasteiger partial charge in [-0.1, -0.05) is 23.4 Å². The first-order valence-electron chi connectivity index (χ1n) is 6.71. The van der Waals surface area contributed by atoms with Crippen molar-refractivity contribution in [2.45, 2.75) is 13.0 Å². The van der Waals surface area contributed by atoms with E-state index >= 15 is 0 Å². The van der Waals surface area contributed by atoms with Gasteiger partial charge in [0.1, 0.15) is 11.5 Å². The van der Waals surface area contributed by atoms with Crippen molar-refractivity contribution >= 4 is 17.4 Å².